The van der Waals surface area contributed by atoms with Gasteiger partial charge in [0.2, 0.25) is 5.88 Å². The lowest BCUT2D eigenvalue weighted by atomic mass is 10.2. The monoisotopic (exact) mass is 287 g/mol. The minimum Gasteiger partial charge on any atom is -0.493 e. The van der Waals surface area contributed by atoms with Crippen molar-refractivity contribution in [3.8, 4) is 17.4 Å². The van der Waals surface area contributed by atoms with Gasteiger partial charge in [-0.1, -0.05) is 6.07 Å². The van der Waals surface area contributed by atoms with Gasteiger partial charge in [-0.05, 0) is 23.8 Å². The van der Waals surface area contributed by atoms with Crippen LogP contribution in [0.5, 0.6) is 17.4 Å². The zero-order chi connectivity index (χ0) is 14.8. The van der Waals surface area contributed by atoms with E-state index in [-0.39, 0.29) is 5.88 Å². The summed E-state index contributed by atoms with van der Waals surface area (Å²) in [6.07, 6.45) is 0. The number of nitrogens with zero attached hydrogens (tertiary/aromatic N) is 3. The van der Waals surface area contributed by atoms with Crippen LogP contribution in [0.1, 0.15) is 5.56 Å². The number of aromatic nitrogens is 4. The predicted octanol–water partition coefficient (Wildman–Crippen LogP) is 0.677. The van der Waals surface area contributed by atoms with Crippen molar-refractivity contribution < 1.29 is 9.47 Å². The number of aromatic amines is 1. The van der Waals surface area contributed by atoms with Crippen molar-refractivity contribution >= 4 is 5.65 Å². The Kier molecular flexibility index (Phi) is 3.28. The van der Waals surface area contributed by atoms with Crippen LogP contribution < -0.4 is 20.9 Å². The van der Waals surface area contributed by atoms with E-state index in [0.29, 0.717) is 23.7 Å². The Labute approximate surface area is 119 Å². The summed E-state index contributed by atoms with van der Waals surface area (Å²) in [4.78, 5) is 11.5. The van der Waals surface area contributed by atoms with Crippen LogP contribution in [-0.2, 0) is 6.54 Å². The second kappa shape index (κ2) is 5.25. The van der Waals surface area contributed by atoms with Crippen LogP contribution in [0.2, 0.25) is 0 Å². The predicted molar refractivity (Wildman–Crippen MR) is 74.6 cm³/mol. The van der Waals surface area contributed by atoms with Crippen LogP contribution in [0, 0.1) is 0 Å². The summed E-state index contributed by atoms with van der Waals surface area (Å²) in [5.74, 6) is 1.28. The fourth-order valence-electron chi connectivity index (χ4n) is 1.88. The van der Waals surface area contributed by atoms with Gasteiger partial charge >= 0.3 is 5.69 Å². The largest absolute Gasteiger partial charge is 0.493 e. The van der Waals surface area contributed by atoms with E-state index in [9.17, 15) is 4.79 Å². The van der Waals surface area contributed by atoms with E-state index >= 15 is 0 Å². The Morgan fingerprint density at radius 1 is 1.29 bits per heavy atom. The molecule has 8 nitrogen and oxygen atoms in total. The molecule has 8 heteroatoms. The fraction of sp³-hybridized carbons (Fsp3) is 0.154. The van der Waals surface area contributed by atoms with Crippen molar-refractivity contribution in [1.82, 2.24) is 19.8 Å². The highest BCUT2D eigenvalue weighted by atomic mass is 16.5. The average Bonchev–Trinajstić information content (AvgIpc) is 2.89. The molecule has 3 N–H and O–H groups in total. The highest BCUT2D eigenvalue weighted by molar-refractivity contribution is 5.45. The Morgan fingerprint density at radius 3 is 2.90 bits per heavy atom. The van der Waals surface area contributed by atoms with Gasteiger partial charge in [0, 0.05) is 12.6 Å². The molecule has 0 unspecified atom stereocenters. The Morgan fingerprint density at radius 2 is 2.14 bits per heavy atom. The summed E-state index contributed by atoms with van der Waals surface area (Å²) in [5.41, 5.74) is 6.50. The zero-order valence-electron chi connectivity index (χ0n) is 11.2. The van der Waals surface area contributed by atoms with Crippen LogP contribution in [0.25, 0.3) is 5.65 Å². The van der Waals surface area contributed by atoms with Crippen LogP contribution in [0.15, 0.2) is 35.1 Å². The summed E-state index contributed by atoms with van der Waals surface area (Å²) in [5, 5.41) is 10.2. The number of hydrogen-bond donors (Lipinski definition) is 2. The molecule has 0 aliphatic rings. The van der Waals surface area contributed by atoms with E-state index in [1.807, 2.05) is 6.07 Å². The molecule has 0 spiro atoms. The topological polar surface area (TPSA) is 108 Å². The van der Waals surface area contributed by atoms with Gasteiger partial charge < -0.3 is 15.2 Å². The smallest absolute Gasteiger partial charge is 0.364 e. The number of methoxy groups -OCH3 is 1. The Balaban J connectivity index is 1.97. The summed E-state index contributed by atoms with van der Waals surface area (Å²) in [7, 11) is 1.54. The van der Waals surface area contributed by atoms with Gasteiger partial charge in [-0.25, -0.2) is 9.89 Å². The van der Waals surface area contributed by atoms with E-state index in [1.165, 1.54) is 0 Å². The Hall–Kier alpha value is -2.87. The lowest BCUT2D eigenvalue weighted by Crippen LogP contribution is -2.12. The van der Waals surface area contributed by atoms with E-state index < -0.39 is 5.69 Å². The van der Waals surface area contributed by atoms with Crippen molar-refractivity contribution in [2.75, 3.05) is 7.11 Å². The standard InChI is InChI=1S/C13H13N5O3/c1-20-10-6-8(7-14)2-3-9(10)21-12-5-4-11-15-16-13(19)18(11)17-12/h2-6H,7,14H2,1H3,(H,16,19). The van der Waals surface area contributed by atoms with Gasteiger partial charge in [-0.2, -0.15) is 9.61 Å². The van der Waals surface area contributed by atoms with Crippen LogP contribution in [0.4, 0.5) is 0 Å². The van der Waals surface area contributed by atoms with Crippen molar-refractivity contribution in [2.24, 2.45) is 5.73 Å². The molecule has 0 fully saturated rings. The Bertz CT molecular complexity index is 839. The van der Waals surface area contributed by atoms with Gasteiger partial charge in [-0.15, -0.1) is 5.10 Å². The van der Waals surface area contributed by atoms with Crippen LogP contribution >= 0.6 is 0 Å². The molecular formula is C13H13N5O3. The first-order valence-corrected chi connectivity index (χ1v) is 6.20. The molecule has 1 aromatic carbocycles. The molecule has 2 aromatic heterocycles. The van der Waals surface area contributed by atoms with Crippen molar-refractivity contribution in [3.63, 3.8) is 0 Å². The van der Waals surface area contributed by atoms with E-state index in [1.54, 1.807) is 31.4 Å². The molecule has 0 aliphatic carbocycles. The van der Waals surface area contributed by atoms with Gasteiger partial charge in [0.25, 0.3) is 0 Å². The average molecular weight is 287 g/mol. The lowest BCUT2D eigenvalue weighted by Gasteiger charge is -2.10. The highest BCUT2D eigenvalue weighted by Crippen LogP contribution is 2.31. The minimum absolute atomic E-state index is 0.254. The number of hydrogen-bond acceptors (Lipinski definition) is 6. The van der Waals surface area contributed by atoms with Crippen LogP contribution in [0.3, 0.4) is 0 Å². The van der Waals surface area contributed by atoms with Gasteiger partial charge in [0.15, 0.2) is 17.1 Å². The second-order valence-electron chi connectivity index (χ2n) is 4.26. The molecule has 0 bridgehead atoms. The van der Waals surface area contributed by atoms with Crippen molar-refractivity contribution in [1.29, 1.82) is 0 Å². The van der Waals surface area contributed by atoms with Gasteiger partial charge in [0.05, 0.1) is 7.11 Å². The second-order valence-corrected chi connectivity index (χ2v) is 4.26. The third kappa shape index (κ3) is 2.43. The molecule has 3 rings (SSSR count). The van der Waals surface area contributed by atoms with Crippen molar-refractivity contribution in [2.45, 2.75) is 6.54 Å². The first-order chi connectivity index (χ1) is 10.2. The fourth-order valence-corrected chi connectivity index (χ4v) is 1.88. The number of rotatable bonds is 4. The molecular weight excluding hydrogens is 274 g/mol. The van der Waals surface area contributed by atoms with Crippen molar-refractivity contribution in [3.05, 3.63) is 46.4 Å². The number of ether oxygens (including phenoxy) is 2. The highest BCUT2D eigenvalue weighted by Gasteiger charge is 2.09. The lowest BCUT2D eigenvalue weighted by molar-refractivity contribution is 0.371. The third-order valence-electron chi connectivity index (χ3n) is 2.93. The molecule has 0 saturated carbocycles. The zero-order valence-corrected chi connectivity index (χ0v) is 11.2. The third-order valence-corrected chi connectivity index (χ3v) is 2.93. The minimum atomic E-state index is -0.430. The van der Waals surface area contributed by atoms with Gasteiger partial charge in [-0.3, -0.25) is 0 Å². The van der Waals surface area contributed by atoms with Gasteiger partial charge in [0.1, 0.15) is 0 Å². The number of H-pyrrole nitrogens is 1. The summed E-state index contributed by atoms with van der Waals surface area (Å²) in [6.45, 7) is 0.408. The number of fused-ring (bicyclic) bond motifs is 1. The van der Waals surface area contributed by atoms with E-state index in [4.69, 9.17) is 15.2 Å². The normalized spacial score (nSPS) is 10.8. The SMILES string of the molecule is COc1cc(CN)ccc1Oc1ccc2n[nH]c(=O)n2n1. The molecule has 2 heterocycles. The molecule has 21 heavy (non-hydrogen) atoms. The molecule has 108 valence electrons. The first kappa shape index (κ1) is 13.1. The van der Waals surface area contributed by atoms with E-state index in [0.717, 1.165) is 10.1 Å². The summed E-state index contributed by atoms with van der Waals surface area (Å²) >= 11 is 0. The number of benzene rings is 1. The molecule has 0 amide bonds. The molecule has 0 saturated heterocycles. The molecule has 0 atom stereocenters. The van der Waals surface area contributed by atoms with Crippen LogP contribution in [-0.4, -0.2) is 26.9 Å². The molecule has 3 aromatic rings. The summed E-state index contributed by atoms with van der Waals surface area (Å²) < 4.78 is 12.0. The first-order valence-electron chi connectivity index (χ1n) is 6.20. The molecule has 0 aliphatic heterocycles. The maximum absolute atomic E-state index is 11.5. The quantitative estimate of drug-likeness (QED) is 0.730. The maximum atomic E-state index is 11.5. The maximum Gasteiger partial charge on any atom is 0.364 e. The number of nitrogens with two attached hydrogens (primary N) is 1. The van der Waals surface area contributed by atoms with E-state index in [2.05, 4.69) is 15.3 Å². The molecule has 0 radical (unpaired) electrons. The number of nitrogens with one attached hydrogen (secondary N) is 1. The summed E-state index contributed by atoms with van der Waals surface area (Å²) in [6, 6.07) is 8.61.